The predicted octanol–water partition coefficient (Wildman–Crippen LogP) is 3.22. The van der Waals surface area contributed by atoms with Crippen molar-refractivity contribution >= 4 is 32.9 Å². The molecule has 3 nitrogen and oxygen atoms in total. The summed E-state index contributed by atoms with van der Waals surface area (Å²) in [4.78, 5) is -0.354. The van der Waals surface area contributed by atoms with Gasteiger partial charge in [-0.1, -0.05) is 90.5 Å². The summed E-state index contributed by atoms with van der Waals surface area (Å²) in [6, 6.07) is 27.2. The fraction of sp³-hybridized carbons (Fsp3) is 0. The van der Waals surface area contributed by atoms with E-state index in [0.29, 0.717) is 11.1 Å². The molecule has 2 aliphatic carbocycles. The van der Waals surface area contributed by atoms with E-state index in [2.05, 4.69) is 12.1 Å². The third-order valence-corrected chi connectivity index (χ3v) is 7.38. The molecule has 0 atom stereocenters. The fourth-order valence-corrected chi connectivity index (χ4v) is 6.10. The Labute approximate surface area is 233 Å². The van der Waals surface area contributed by atoms with Crippen molar-refractivity contribution in [2.24, 2.45) is 0 Å². The van der Waals surface area contributed by atoms with Gasteiger partial charge >= 0.3 is 51.4 Å². The van der Waals surface area contributed by atoms with E-state index in [-0.39, 0.29) is 61.3 Å². The normalized spacial score (nSPS) is 13.2. The van der Waals surface area contributed by atoms with Crippen LogP contribution in [0.15, 0.2) is 89.8 Å². The van der Waals surface area contributed by atoms with E-state index in [9.17, 15) is 13.0 Å². The molecule has 0 N–H and O–H groups in total. The van der Waals surface area contributed by atoms with Crippen LogP contribution in [-0.4, -0.2) is 13.0 Å². The third-order valence-electron chi connectivity index (χ3n) is 6.03. The van der Waals surface area contributed by atoms with Gasteiger partial charge in [0.2, 0.25) is 0 Å². The summed E-state index contributed by atoms with van der Waals surface area (Å²) in [6.07, 6.45) is 0. The summed E-state index contributed by atoms with van der Waals surface area (Å²) in [5.74, 6) is 0. The number of rotatable bonds is 1. The summed E-state index contributed by atoms with van der Waals surface area (Å²) in [6.45, 7) is 0. The van der Waals surface area contributed by atoms with Crippen LogP contribution in [0.5, 0.6) is 0 Å². The standard InChI is InChI=1S/C26H15ClO3S.K/c27-22-14-13-21-17-9-3-6-12-20(17)24(25(21)26(22)31(28,29)30)23-18-10-4-1-7-15(18)16-8-2-5-11-19(16)23;/h1-14H,(H,28,29,30);/q;+1/p-1. The van der Waals surface area contributed by atoms with E-state index in [1.54, 1.807) is 6.07 Å². The summed E-state index contributed by atoms with van der Waals surface area (Å²) in [5.41, 5.74) is 8.73. The molecule has 150 valence electrons. The van der Waals surface area contributed by atoms with Crippen molar-refractivity contribution in [1.29, 1.82) is 0 Å². The van der Waals surface area contributed by atoms with Crippen molar-refractivity contribution in [2.75, 3.05) is 0 Å². The first-order valence-electron chi connectivity index (χ1n) is 9.79. The molecule has 0 saturated heterocycles. The Morgan fingerprint density at radius 3 is 1.44 bits per heavy atom. The molecular formula is C26H14ClKO3S. The molecule has 4 aromatic rings. The SMILES string of the molecule is O=S(=O)([O-])c1c(Cl)ccc2c1C(=C1c3ccccc3-c3ccccc31)c1ccccc1-2.[K+]. The number of hydrogen-bond donors (Lipinski definition) is 0. The van der Waals surface area contributed by atoms with Gasteiger partial charge in [-0.25, -0.2) is 8.42 Å². The molecule has 0 amide bonds. The largest absolute Gasteiger partial charge is 1.00 e. The van der Waals surface area contributed by atoms with E-state index < -0.39 is 10.1 Å². The molecule has 0 spiro atoms. The second-order valence-electron chi connectivity index (χ2n) is 7.64. The van der Waals surface area contributed by atoms with Gasteiger partial charge < -0.3 is 4.55 Å². The van der Waals surface area contributed by atoms with Gasteiger partial charge in [0.05, 0.1) is 9.92 Å². The quantitative estimate of drug-likeness (QED) is 0.268. The summed E-state index contributed by atoms with van der Waals surface area (Å²) in [7, 11) is -4.81. The molecule has 32 heavy (non-hydrogen) atoms. The van der Waals surface area contributed by atoms with Gasteiger partial charge in [-0.15, -0.1) is 0 Å². The Morgan fingerprint density at radius 2 is 0.969 bits per heavy atom. The minimum absolute atomic E-state index is 0. The van der Waals surface area contributed by atoms with Crippen LogP contribution in [0.3, 0.4) is 0 Å². The van der Waals surface area contributed by atoms with Gasteiger partial charge in [-0.3, -0.25) is 0 Å². The van der Waals surface area contributed by atoms with Crippen LogP contribution in [0, 0.1) is 0 Å². The average Bonchev–Trinajstić information content (AvgIpc) is 3.25. The zero-order chi connectivity index (χ0) is 21.3. The monoisotopic (exact) mass is 480 g/mol. The van der Waals surface area contributed by atoms with Crippen molar-refractivity contribution in [3.63, 3.8) is 0 Å². The van der Waals surface area contributed by atoms with Gasteiger partial charge in [0.25, 0.3) is 0 Å². The van der Waals surface area contributed by atoms with Gasteiger partial charge in [0.15, 0.2) is 0 Å². The summed E-state index contributed by atoms with van der Waals surface area (Å²) in [5, 5.41) is -0.0563. The van der Waals surface area contributed by atoms with Gasteiger partial charge in [0.1, 0.15) is 10.1 Å². The van der Waals surface area contributed by atoms with Crippen LogP contribution in [0.2, 0.25) is 5.02 Å². The van der Waals surface area contributed by atoms with Crippen LogP contribution in [0.25, 0.3) is 33.4 Å². The molecular weight excluding hydrogens is 467 g/mol. The second kappa shape index (κ2) is 8.04. The maximum Gasteiger partial charge on any atom is 1.00 e. The van der Waals surface area contributed by atoms with Crippen LogP contribution in [0.4, 0.5) is 0 Å². The minimum atomic E-state index is -4.81. The smallest absolute Gasteiger partial charge is 0.744 e. The first-order chi connectivity index (χ1) is 15.0. The third kappa shape index (κ3) is 3.16. The Hall–Kier alpha value is -1.54. The van der Waals surface area contributed by atoms with Crippen LogP contribution < -0.4 is 51.4 Å². The molecule has 0 aliphatic heterocycles. The van der Waals surface area contributed by atoms with E-state index >= 15 is 0 Å². The number of benzene rings is 4. The molecule has 0 unspecified atom stereocenters. The molecule has 0 aromatic heterocycles. The number of halogens is 1. The van der Waals surface area contributed by atoms with Crippen LogP contribution >= 0.6 is 11.6 Å². The molecule has 0 bridgehead atoms. The van der Waals surface area contributed by atoms with E-state index in [0.717, 1.165) is 44.5 Å². The molecule has 6 heteroatoms. The van der Waals surface area contributed by atoms with Crippen LogP contribution in [0.1, 0.15) is 22.3 Å². The molecule has 6 rings (SSSR count). The maximum absolute atomic E-state index is 12.4. The van der Waals surface area contributed by atoms with E-state index in [1.165, 1.54) is 6.07 Å². The molecule has 2 aliphatic rings. The first-order valence-corrected chi connectivity index (χ1v) is 11.6. The summed E-state index contributed by atoms with van der Waals surface area (Å²) >= 11 is 6.31. The van der Waals surface area contributed by atoms with Crippen molar-refractivity contribution in [3.05, 3.63) is 112 Å². The maximum atomic E-state index is 12.4. The zero-order valence-electron chi connectivity index (χ0n) is 17.1. The molecule has 4 aromatic carbocycles. The Morgan fingerprint density at radius 1 is 0.562 bits per heavy atom. The molecule has 0 fully saturated rings. The Balaban J connectivity index is 0.00000216. The summed E-state index contributed by atoms with van der Waals surface area (Å²) < 4.78 is 37.1. The van der Waals surface area contributed by atoms with E-state index in [4.69, 9.17) is 11.6 Å². The second-order valence-corrected chi connectivity index (χ2v) is 9.36. The zero-order valence-corrected chi connectivity index (χ0v) is 21.8. The first kappa shape index (κ1) is 22.3. The predicted molar refractivity (Wildman–Crippen MR) is 122 cm³/mol. The topological polar surface area (TPSA) is 57.2 Å². The number of hydrogen-bond acceptors (Lipinski definition) is 3. The van der Waals surface area contributed by atoms with Gasteiger partial charge in [-0.05, 0) is 56.2 Å². The Kier molecular flexibility index (Phi) is 5.59. The number of fused-ring (bicyclic) bond motifs is 6. The Bertz CT molecular complexity index is 1520. The van der Waals surface area contributed by atoms with Crippen molar-refractivity contribution in [1.82, 2.24) is 0 Å². The van der Waals surface area contributed by atoms with Crippen molar-refractivity contribution in [2.45, 2.75) is 4.90 Å². The van der Waals surface area contributed by atoms with Gasteiger partial charge in [0, 0.05) is 5.56 Å². The minimum Gasteiger partial charge on any atom is -0.744 e. The average molecular weight is 481 g/mol. The van der Waals surface area contributed by atoms with Crippen molar-refractivity contribution < 1.29 is 64.4 Å². The molecule has 0 saturated carbocycles. The van der Waals surface area contributed by atoms with E-state index in [1.807, 2.05) is 60.7 Å². The van der Waals surface area contributed by atoms with Gasteiger partial charge in [-0.2, -0.15) is 0 Å². The molecule has 0 heterocycles. The van der Waals surface area contributed by atoms with Crippen molar-refractivity contribution in [3.8, 4) is 22.3 Å². The molecule has 0 radical (unpaired) electrons. The fourth-order valence-electron chi connectivity index (χ4n) is 4.89. The van der Waals surface area contributed by atoms with Crippen LogP contribution in [-0.2, 0) is 10.1 Å².